The lowest BCUT2D eigenvalue weighted by Crippen LogP contribution is -2.48. The van der Waals surface area contributed by atoms with Crippen LogP contribution >= 0.6 is 22.6 Å². The van der Waals surface area contributed by atoms with Crippen LogP contribution in [0.3, 0.4) is 0 Å². The van der Waals surface area contributed by atoms with Crippen molar-refractivity contribution < 1.29 is 18.3 Å². The van der Waals surface area contributed by atoms with Crippen LogP contribution in [-0.4, -0.2) is 25.5 Å². The van der Waals surface area contributed by atoms with Crippen molar-refractivity contribution in [2.45, 2.75) is 31.7 Å². The van der Waals surface area contributed by atoms with Crippen molar-refractivity contribution >= 4 is 38.6 Å². The molecule has 1 atom stereocenters. The molecular weight excluding hydrogens is 381 g/mol. The largest absolute Gasteiger partial charge is 0.480 e. The third kappa shape index (κ3) is 4.43. The van der Waals surface area contributed by atoms with Gasteiger partial charge in [0.15, 0.2) is 0 Å². The quantitative estimate of drug-likeness (QED) is 0.763. The molecule has 0 spiro atoms. The van der Waals surface area contributed by atoms with E-state index >= 15 is 0 Å². The van der Waals surface area contributed by atoms with E-state index in [1.807, 2.05) is 0 Å². The molecule has 0 radical (unpaired) electrons. The Kier molecular flexibility index (Phi) is 4.97. The van der Waals surface area contributed by atoms with Crippen molar-refractivity contribution in [3.8, 4) is 0 Å². The van der Waals surface area contributed by atoms with Gasteiger partial charge in [-0.1, -0.05) is 20.8 Å². The van der Waals surface area contributed by atoms with Gasteiger partial charge in [0.1, 0.15) is 6.04 Å². The van der Waals surface area contributed by atoms with E-state index in [9.17, 15) is 13.2 Å². The zero-order valence-corrected chi connectivity index (χ0v) is 13.8. The molecule has 0 aliphatic rings. The number of nitrogens with one attached hydrogen (secondary N) is 1. The highest BCUT2D eigenvalue weighted by Gasteiger charge is 2.35. The molecule has 0 unspecified atom stereocenters. The van der Waals surface area contributed by atoms with Crippen LogP contribution < -0.4 is 4.72 Å². The van der Waals surface area contributed by atoms with Crippen molar-refractivity contribution in [3.63, 3.8) is 0 Å². The second-order valence-electron chi connectivity index (χ2n) is 5.21. The van der Waals surface area contributed by atoms with Crippen LogP contribution in [0.5, 0.6) is 0 Å². The molecule has 19 heavy (non-hydrogen) atoms. The maximum Gasteiger partial charge on any atom is 0.322 e. The molecule has 0 saturated heterocycles. The Labute approximate surface area is 126 Å². The Hall–Kier alpha value is -0.670. The molecule has 5 nitrogen and oxygen atoms in total. The van der Waals surface area contributed by atoms with Crippen molar-refractivity contribution in [1.82, 2.24) is 4.72 Å². The van der Waals surface area contributed by atoms with Gasteiger partial charge in [0.2, 0.25) is 10.0 Å². The number of rotatable bonds is 4. The van der Waals surface area contributed by atoms with Gasteiger partial charge in [-0.05, 0) is 52.3 Å². The lowest BCUT2D eigenvalue weighted by Gasteiger charge is -2.27. The van der Waals surface area contributed by atoms with Gasteiger partial charge >= 0.3 is 5.97 Å². The highest BCUT2D eigenvalue weighted by molar-refractivity contribution is 14.1. The molecule has 0 aromatic heterocycles. The zero-order valence-electron chi connectivity index (χ0n) is 10.8. The predicted octanol–water partition coefficient (Wildman–Crippen LogP) is 2.07. The second-order valence-corrected chi connectivity index (χ2v) is 8.17. The first-order chi connectivity index (χ1) is 8.54. The van der Waals surface area contributed by atoms with Gasteiger partial charge < -0.3 is 5.11 Å². The van der Waals surface area contributed by atoms with Gasteiger partial charge in [-0.2, -0.15) is 4.72 Å². The summed E-state index contributed by atoms with van der Waals surface area (Å²) < 4.78 is 27.4. The molecule has 0 saturated carbocycles. The molecule has 1 rings (SSSR count). The SMILES string of the molecule is CC(C)(C)[C@@H](NS(=O)(=O)c1ccc(I)cc1)C(=O)O. The minimum absolute atomic E-state index is 0.0587. The maximum atomic E-state index is 12.1. The van der Waals surface area contributed by atoms with E-state index in [1.165, 1.54) is 12.1 Å². The van der Waals surface area contributed by atoms with Crippen LogP contribution in [0.15, 0.2) is 29.2 Å². The predicted molar refractivity (Wildman–Crippen MR) is 80.4 cm³/mol. The number of carboxylic acids is 1. The van der Waals surface area contributed by atoms with Gasteiger partial charge in [-0.3, -0.25) is 4.79 Å². The molecule has 0 aliphatic carbocycles. The summed E-state index contributed by atoms with van der Waals surface area (Å²) in [4.78, 5) is 11.2. The number of benzene rings is 1. The first-order valence-corrected chi connectivity index (χ1v) is 8.11. The second kappa shape index (κ2) is 5.76. The number of carboxylic acid groups (broad SMARTS) is 1. The van der Waals surface area contributed by atoms with E-state index in [1.54, 1.807) is 32.9 Å². The molecule has 0 amide bonds. The summed E-state index contributed by atoms with van der Waals surface area (Å²) in [7, 11) is -3.84. The first kappa shape index (κ1) is 16.4. The van der Waals surface area contributed by atoms with Gasteiger partial charge in [0.05, 0.1) is 4.90 Å². The minimum atomic E-state index is -3.84. The minimum Gasteiger partial charge on any atom is -0.480 e. The van der Waals surface area contributed by atoms with Crippen molar-refractivity contribution in [2.24, 2.45) is 5.41 Å². The van der Waals surface area contributed by atoms with Gasteiger partial charge in [-0.25, -0.2) is 8.42 Å². The fourth-order valence-corrected chi connectivity index (χ4v) is 3.19. The Bertz CT molecular complexity index is 560. The average molecular weight is 397 g/mol. The molecule has 7 heteroatoms. The van der Waals surface area contributed by atoms with Crippen LogP contribution in [0.1, 0.15) is 20.8 Å². The topological polar surface area (TPSA) is 83.5 Å². The summed E-state index contributed by atoms with van der Waals surface area (Å²) in [6, 6.07) is 5.03. The summed E-state index contributed by atoms with van der Waals surface area (Å²) in [6.45, 7) is 5.01. The van der Waals surface area contributed by atoms with E-state index in [-0.39, 0.29) is 4.90 Å². The van der Waals surface area contributed by atoms with Crippen molar-refractivity contribution in [2.75, 3.05) is 0 Å². The summed E-state index contributed by atoms with van der Waals surface area (Å²) in [5.41, 5.74) is -0.720. The fraction of sp³-hybridized carbons (Fsp3) is 0.417. The van der Waals surface area contributed by atoms with E-state index in [0.717, 1.165) is 3.57 Å². The molecule has 1 aromatic carbocycles. The van der Waals surface area contributed by atoms with Gasteiger partial charge in [0, 0.05) is 3.57 Å². The number of halogens is 1. The van der Waals surface area contributed by atoms with Crippen LogP contribution in [0.25, 0.3) is 0 Å². The lowest BCUT2D eigenvalue weighted by molar-refractivity contribution is -0.141. The molecular formula is C12H16INO4S. The number of carbonyl (C=O) groups is 1. The Morgan fingerprint density at radius 1 is 1.26 bits per heavy atom. The van der Waals surface area contributed by atoms with E-state index in [0.29, 0.717) is 0 Å². The standard InChI is InChI=1S/C12H16INO4S/c1-12(2,3)10(11(15)16)14-19(17,18)9-6-4-8(13)5-7-9/h4-7,10,14H,1-3H3,(H,15,16)/t10-/m0/s1. The monoisotopic (exact) mass is 397 g/mol. The van der Waals surface area contributed by atoms with Crippen LogP contribution in [0, 0.1) is 8.99 Å². The lowest BCUT2D eigenvalue weighted by atomic mass is 9.88. The van der Waals surface area contributed by atoms with E-state index in [2.05, 4.69) is 27.3 Å². The normalized spacial score (nSPS) is 14.1. The molecule has 0 heterocycles. The maximum absolute atomic E-state index is 12.1. The fourth-order valence-electron chi connectivity index (χ4n) is 1.43. The summed E-state index contributed by atoms with van der Waals surface area (Å²) in [5.74, 6) is -1.19. The molecule has 0 aliphatic heterocycles. The molecule has 106 valence electrons. The third-order valence-electron chi connectivity index (χ3n) is 2.51. The molecule has 0 fully saturated rings. The molecule has 1 aromatic rings. The third-order valence-corrected chi connectivity index (χ3v) is 4.67. The summed E-state index contributed by atoms with van der Waals surface area (Å²) in [5, 5.41) is 9.14. The average Bonchev–Trinajstić information content (AvgIpc) is 2.24. The molecule has 0 bridgehead atoms. The first-order valence-electron chi connectivity index (χ1n) is 5.55. The van der Waals surface area contributed by atoms with E-state index in [4.69, 9.17) is 5.11 Å². The summed E-state index contributed by atoms with van der Waals surface area (Å²) >= 11 is 2.06. The highest BCUT2D eigenvalue weighted by Crippen LogP contribution is 2.22. The smallest absolute Gasteiger partial charge is 0.322 e. The van der Waals surface area contributed by atoms with Gasteiger partial charge in [0.25, 0.3) is 0 Å². The van der Waals surface area contributed by atoms with Crippen LogP contribution in [0.2, 0.25) is 0 Å². The zero-order chi connectivity index (χ0) is 14.8. The van der Waals surface area contributed by atoms with Crippen LogP contribution in [0.4, 0.5) is 0 Å². The number of hydrogen-bond acceptors (Lipinski definition) is 3. The molecule has 2 N–H and O–H groups in total. The van der Waals surface area contributed by atoms with E-state index < -0.39 is 27.4 Å². The highest BCUT2D eigenvalue weighted by atomic mass is 127. The Morgan fingerprint density at radius 2 is 1.74 bits per heavy atom. The van der Waals surface area contributed by atoms with Crippen molar-refractivity contribution in [1.29, 1.82) is 0 Å². The Morgan fingerprint density at radius 3 is 2.11 bits per heavy atom. The number of sulfonamides is 1. The van der Waals surface area contributed by atoms with Crippen molar-refractivity contribution in [3.05, 3.63) is 27.8 Å². The van der Waals surface area contributed by atoms with Crippen LogP contribution in [-0.2, 0) is 14.8 Å². The summed E-state index contributed by atoms with van der Waals surface area (Å²) in [6.07, 6.45) is 0. The van der Waals surface area contributed by atoms with Gasteiger partial charge in [-0.15, -0.1) is 0 Å². The number of hydrogen-bond donors (Lipinski definition) is 2. The Balaban J connectivity index is 3.08. The number of aliphatic carboxylic acids is 1.